The van der Waals surface area contributed by atoms with Crippen LogP contribution in [0.5, 0.6) is 0 Å². The van der Waals surface area contributed by atoms with Gasteiger partial charge in [0.05, 0.1) is 11.0 Å². The normalized spacial score (nSPS) is 11.5. The highest BCUT2D eigenvalue weighted by molar-refractivity contribution is 6.21. The molecular formula is C57H40N2. The van der Waals surface area contributed by atoms with Gasteiger partial charge in [0.1, 0.15) is 0 Å². The maximum Gasteiger partial charge on any atom is 0.0542 e. The van der Waals surface area contributed by atoms with Gasteiger partial charge in [0.15, 0.2) is 0 Å². The van der Waals surface area contributed by atoms with E-state index in [1.807, 2.05) is 0 Å². The Morgan fingerprint density at radius 2 is 0.763 bits per heavy atom. The van der Waals surface area contributed by atoms with Gasteiger partial charge in [-0.3, -0.25) is 0 Å². The number of nitrogens with zero attached hydrogens (tertiary/aromatic N) is 2. The SMILES string of the molecule is Cc1ccccc1-c1ccc(-c2c3ccccc3c(-c3ccc(-n4c5ccccc5c5cc(N(c6ccccc6)c6ccccc6)ccc54)cc3)c3ccccc23)cc1. The Hall–Kier alpha value is -7.68. The van der Waals surface area contributed by atoms with Gasteiger partial charge in [0, 0.05) is 33.5 Å². The predicted molar refractivity (Wildman–Crippen MR) is 252 cm³/mol. The van der Waals surface area contributed by atoms with Crippen LogP contribution in [-0.4, -0.2) is 4.57 Å². The van der Waals surface area contributed by atoms with Crippen molar-refractivity contribution in [3.05, 3.63) is 230 Å². The zero-order chi connectivity index (χ0) is 39.3. The predicted octanol–water partition coefficient (Wildman–Crippen LogP) is 15.9. The van der Waals surface area contributed by atoms with Crippen molar-refractivity contribution >= 4 is 60.4 Å². The summed E-state index contributed by atoms with van der Waals surface area (Å²) in [5, 5.41) is 7.47. The van der Waals surface area contributed by atoms with E-state index >= 15 is 0 Å². The molecule has 0 saturated carbocycles. The maximum absolute atomic E-state index is 2.41. The molecule has 59 heavy (non-hydrogen) atoms. The van der Waals surface area contributed by atoms with Gasteiger partial charge < -0.3 is 9.47 Å². The van der Waals surface area contributed by atoms with Gasteiger partial charge in [-0.25, -0.2) is 0 Å². The van der Waals surface area contributed by atoms with E-state index in [4.69, 9.17) is 0 Å². The molecule has 1 heterocycles. The molecule has 0 atom stereocenters. The van der Waals surface area contributed by atoms with Crippen molar-refractivity contribution in [2.24, 2.45) is 0 Å². The molecule has 0 aliphatic carbocycles. The molecule has 0 fully saturated rings. The van der Waals surface area contributed by atoms with Crippen LogP contribution in [-0.2, 0) is 0 Å². The Balaban J connectivity index is 1.03. The molecule has 0 bridgehead atoms. The fourth-order valence-corrected chi connectivity index (χ4v) is 9.22. The fourth-order valence-electron chi connectivity index (χ4n) is 9.22. The molecule has 0 unspecified atom stereocenters. The minimum atomic E-state index is 1.12. The lowest BCUT2D eigenvalue weighted by molar-refractivity contribution is 1.18. The summed E-state index contributed by atoms with van der Waals surface area (Å²) in [6.45, 7) is 2.18. The Morgan fingerprint density at radius 3 is 1.32 bits per heavy atom. The largest absolute Gasteiger partial charge is 0.310 e. The summed E-state index contributed by atoms with van der Waals surface area (Å²) in [6, 6.07) is 81.6. The summed E-state index contributed by atoms with van der Waals surface area (Å²) in [4.78, 5) is 2.33. The summed E-state index contributed by atoms with van der Waals surface area (Å²) in [7, 11) is 0. The van der Waals surface area contributed by atoms with Crippen molar-refractivity contribution in [3.63, 3.8) is 0 Å². The Labute approximate surface area is 344 Å². The number of aryl methyl sites for hydroxylation is 1. The highest BCUT2D eigenvalue weighted by Crippen LogP contribution is 2.45. The summed E-state index contributed by atoms with van der Waals surface area (Å²) in [5.41, 5.74) is 15.6. The molecule has 0 amide bonds. The van der Waals surface area contributed by atoms with Gasteiger partial charge >= 0.3 is 0 Å². The second kappa shape index (κ2) is 14.4. The van der Waals surface area contributed by atoms with Crippen LogP contribution in [0, 0.1) is 6.92 Å². The third-order valence-corrected chi connectivity index (χ3v) is 11.9. The first-order valence-electron chi connectivity index (χ1n) is 20.4. The number of rotatable bonds is 7. The third-order valence-electron chi connectivity index (χ3n) is 11.9. The van der Waals surface area contributed by atoms with E-state index in [9.17, 15) is 0 Å². The van der Waals surface area contributed by atoms with E-state index < -0.39 is 0 Å². The number of aromatic nitrogens is 1. The van der Waals surface area contributed by atoms with Gasteiger partial charge in [-0.05, 0) is 128 Å². The molecular weight excluding hydrogens is 713 g/mol. The summed E-state index contributed by atoms with van der Waals surface area (Å²) < 4.78 is 2.41. The summed E-state index contributed by atoms with van der Waals surface area (Å²) in [5.74, 6) is 0. The van der Waals surface area contributed by atoms with Crippen LogP contribution in [0.2, 0.25) is 0 Å². The van der Waals surface area contributed by atoms with Crippen molar-refractivity contribution in [3.8, 4) is 39.1 Å². The van der Waals surface area contributed by atoms with E-state index in [1.165, 1.54) is 82.3 Å². The first-order valence-corrected chi connectivity index (χ1v) is 20.4. The lowest BCUT2D eigenvalue weighted by atomic mass is 9.85. The Kier molecular flexibility index (Phi) is 8.41. The number of hydrogen-bond donors (Lipinski definition) is 0. The van der Waals surface area contributed by atoms with E-state index in [2.05, 4.69) is 241 Å². The van der Waals surface area contributed by atoms with Crippen molar-refractivity contribution in [1.82, 2.24) is 4.57 Å². The van der Waals surface area contributed by atoms with E-state index in [1.54, 1.807) is 0 Å². The smallest absolute Gasteiger partial charge is 0.0542 e. The Morgan fingerprint density at radius 1 is 0.322 bits per heavy atom. The second-order valence-corrected chi connectivity index (χ2v) is 15.3. The molecule has 11 aromatic rings. The monoisotopic (exact) mass is 752 g/mol. The summed E-state index contributed by atoms with van der Waals surface area (Å²) >= 11 is 0. The van der Waals surface area contributed by atoms with Gasteiger partial charge in [-0.1, -0.05) is 164 Å². The van der Waals surface area contributed by atoms with Crippen molar-refractivity contribution in [1.29, 1.82) is 0 Å². The molecule has 11 rings (SSSR count). The lowest BCUT2D eigenvalue weighted by Crippen LogP contribution is -2.09. The van der Waals surface area contributed by atoms with Crippen molar-refractivity contribution in [2.45, 2.75) is 6.92 Å². The number of fused-ring (bicyclic) bond motifs is 5. The van der Waals surface area contributed by atoms with Crippen LogP contribution in [0.3, 0.4) is 0 Å². The zero-order valence-corrected chi connectivity index (χ0v) is 32.8. The molecule has 0 N–H and O–H groups in total. The highest BCUT2D eigenvalue weighted by atomic mass is 15.1. The first-order chi connectivity index (χ1) is 29.2. The number of anilines is 3. The summed E-state index contributed by atoms with van der Waals surface area (Å²) in [6.07, 6.45) is 0. The zero-order valence-electron chi connectivity index (χ0n) is 32.8. The topological polar surface area (TPSA) is 8.17 Å². The molecule has 0 radical (unpaired) electrons. The Bertz CT molecular complexity index is 3210. The van der Waals surface area contributed by atoms with E-state index in [-0.39, 0.29) is 0 Å². The van der Waals surface area contributed by atoms with Crippen LogP contribution < -0.4 is 4.90 Å². The molecule has 2 nitrogen and oxygen atoms in total. The van der Waals surface area contributed by atoms with Crippen LogP contribution in [0.1, 0.15) is 5.56 Å². The third kappa shape index (κ3) is 5.88. The van der Waals surface area contributed by atoms with Gasteiger partial charge in [-0.15, -0.1) is 0 Å². The average Bonchev–Trinajstić information content (AvgIpc) is 3.63. The molecule has 0 spiro atoms. The number of para-hydroxylation sites is 3. The minimum absolute atomic E-state index is 1.12. The van der Waals surface area contributed by atoms with Crippen LogP contribution >= 0.6 is 0 Å². The molecule has 10 aromatic carbocycles. The van der Waals surface area contributed by atoms with Gasteiger partial charge in [-0.2, -0.15) is 0 Å². The van der Waals surface area contributed by atoms with Crippen LogP contribution in [0.4, 0.5) is 17.1 Å². The fraction of sp³-hybridized carbons (Fsp3) is 0.0175. The molecule has 0 aliphatic rings. The number of hydrogen-bond acceptors (Lipinski definition) is 1. The quantitative estimate of drug-likeness (QED) is 0.147. The van der Waals surface area contributed by atoms with E-state index in [0.717, 1.165) is 22.7 Å². The standard InChI is InChI=1S/C57H40N2/c1-39-16-8-9-21-47(39)40-28-30-41(31-29-40)56-49-23-10-12-25-51(49)57(52-26-13-11-24-50(52)56)42-32-34-45(35-33-42)59-54-27-15-14-22-48(54)53-38-46(36-37-55(53)59)58(43-17-4-2-5-18-43)44-19-6-3-7-20-44/h2-38H,1H3. The average molecular weight is 753 g/mol. The maximum atomic E-state index is 2.41. The van der Waals surface area contributed by atoms with Crippen LogP contribution in [0.25, 0.3) is 82.4 Å². The molecule has 2 heteroatoms. The number of benzene rings is 10. The highest BCUT2D eigenvalue weighted by Gasteiger charge is 2.19. The molecule has 0 saturated heterocycles. The lowest BCUT2D eigenvalue weighted by Gasteiger charge is -2.25. The van der Waals surface area contributed by atoms with Crippen molar-refractivity contribution in [2.75, 3.05) is 4.90 Å². The molecule has 0 aliphatic heterocycles. The first kappa shape index (κ1) is 34.6. The van der Waals surface area contributed by atoms with Gasteiger partial charge in [0.25, 0.3) is 0 Å². The minimum Gasteiger partial charge on any atom is -0.310 e. The molecule has 278 valence electrons. The second-order valence-electron chi connectivity index (χ2n) is 15.3. The van der Waals surface area contributed by atoms with Crippen molar-refractivity contribution < 1.29 is 0 Å². The molecule has 1 aromatic heterocycles. The van der Waals surface area contributed by atoms with Gasteiger partial charge in [0.2, 0.25) is 0 Å². The van der Waals surface area contributed by atoms with E-state index in [0.29, 0.717) is 0 Å². The van der Waals surface area contributed by atoms with Crippen LogP contribution in [0.15, 0.2) is 224 Å².